The number of rotatable bonds is 7. The molecule has 0 aliphatic heterocycles. The molecule has 0 unspecified atom stereocenters. The van der Waals surface area contributed by atoms with Gasteiger partial charge in [0.05, 0.1) is 12.2 Å². The Labute approximate surface area is 144 Å². The van der Waals surface area contributed by atoms with E-state index in [1.807, 2.05) is 26.0 Å². The number of thiazole rings is 1. The van der Waals surface area contributed by atoms with Crippen LogP contribution >= 0.6 is 11.3 Å². The van der Waals surface area contributed by atoms with Gasteiger partial charge in [-0.25, -0.2) is 4.98 Å². The van der Waals surface area contributed by atoms with Crippen LogP contribution in [0, 0.1) is 11.3 Å². The van der Waals surface area contributed by atoms with Crippen LogP contribution in [0.15, 0.2) is 10.4 Å². The lowest BCUT2D eigenvalue weighted by Gasteiger charge is -2.43. The van der Waals surface area contributed by atoms with Gasteiger partial charge in [-0.1, -0.05) is 20.3 Å². The van der Waals surface area contributed by atoms with Crippen LogP contribution < -0.4 is 15.5 Å². The zero-order chi connectivity index (χ0) is 16.9. The molecule has 0 bridgehead atoms. The molecule has 1 aromatic heterocycles. The molecule has 1 saturated carbocycles. The van der Waals surface area contributed by atoms with E-state index >= 15 is 0 Å². The minimum atomic E-state index is 0.477. The summed E-state index contributed by atoms with van der Waals surface area (Å²) >= 11 is 1.67. The summed E-state index contributed by atoms with van der Waals surface area (Å²) in [5.74, 6) is 1.63. The number of hydrogen-bond donors (Lipinski definition) is 2. The third-order valence-electron chi connectivity index (χ3n) is 4.47. The van der Waals surface area contributed by atoms with Crippen molar-refractivity contribution in [1.29, 1.82) is 0 Å². The fraction of sp³-hybridized carbons (Fsp3) is 0.765. The van der Waals surface area contributed by atoms with Gasteiger partial charge < -0.3 is 15.5 Å². The highest BCUT2D eigenvalue weighted by Gasteiger charge is 2.37. The molecule has 0 saturated heterocycles. The van der Waals surface area contributed by atoms with Crippen LogP contribution in [0.2, 0.25) is 0 Å². The van der Waals surface area contributed by atoms with Crippen molar-refractivity contribution in [3.8, 4) is 0 Å². The monoisotopic (exact) mass is 337 g/mol. The highest BCUT2D eigenvalue weighted by Crippen LogP contribution is 2.45. The van der Waals surface area contributed by atoms with E-state index in [9.17, 15) is 0 Å². The fourth-order valence-corrected chi connectivity index (χ4v) is 4.00. The van der Waals surface area contributed by atoms with Crippen molar-refractivity contribution < 1.29 is 0 Å². The van der Waals surface area contributed by atoms with Crippen LogP contribution in [-0.4, -0.2) is 38.6 Å². The lowest BCUT2D eigenvalue weighted by atomic mass is 9.64. The predicted molar refractivity (Wildman–Crippen MR) is 100 cm³/mol. The predicted octanol–water partition coefficient (Wildman–Crippen LogP) is 3.09. The average Bonchev–Trinajstić information content (AvgIpc) is 2.93. The largest absolute Gasteiger partial charge is 0.356 e. The third-order valence-corrected chi connectivity index (χ3v) is 5.53. The fourth-order valence-electron chi connectivity index (χ4n) is 3.24. The second-order valence-electron chi connectivity index (χ2n) is 7.25. The molecule has 5 nitrogen and oxygen atoms in total. The number of guanidine groups is 1. The summed E-state index contributed by atoms with van der Waals surface area (Å²) in [6.45, 7) is 6.36. The summed E-state index contributed by atoms with van der Waals surface area (Å²) in [6, 6.07) is 0. The van der Waals surface area contributed by atoms with Crippen LogP contribution in [0.25, 0.3) is 0 Å². The van der Waals surface area contributed by atoms with E-state index in [2.05, 4.69) is 39.8 Å². The third kappa shape index (κ3) is 5.09. The van der Waals surface area contributed by atoms with E-state index in [4.69, 9.17) is 0 Å². The zero-order valence-electron chi connectivity index (χ0n) is 15.1. The van der Waals surface area contributed by atoms with Gasteiger partial charge in [-0.2, -0.15) is 0 Å². The van der Waals surface area contributed by atoms with E-state index in [1.165, 1.54) is 25.7 Å². The Morgan fingerprint density at radius 2 is 2.13 bits per heavy atom. The molecule has 0 atom stereocenters. The molecule has 0 amide bonds. The molecule has 1 fully saturated rings. The van der Waals surface area contributed by atoms with E-state index in [1.54, 1.807) is 11.3 Å². The molecular formula is C17H31N5S. The summed E-state index contributed by atoms with van der Waals surface area (Å²) in [6.07, 6.45) is 5.35. The molecule has 130 valence electrons. The van der Waals surface area contributed by atoms with E-state index < -0.39 is 0 Å². The van der Waals surface area contributed by atoms with E-state index in [-0.39, 0.29) is 0 Å². The first-order chi connectivity index (χ1) is 10.9. The first-order valence-corrected chi connectivity index (χ1v) is 9.38. The quantitative estimate of drug-likeness (QED) is 0.593. The second-order valence-corrected chi connectivity index (χ2v) is 8.08. The lowest BCUT2D eigenvalue weighted by molar-refractivity contribution is 0.104. The van der Waals surface area contributed by atoms with Crippen molar-refractivity contribution in [2.75, 3.05) is 32.6 Å². The second kappa shape index (κ2) is 7.99. The molecule has 0 radical (unpaired) electrons. The maximum atomic E-state index is 4.59. The first-order valence-electron chi connectivity index (χ1n) is 8.50. The normalized spacial score (nSPS) is 17.0. The smallest absolute Gasteiger partial charge is 0.191 e. The van der Waals surface area contributed by atoms with E-state index in [0.29, 0.717) is 12.0 Å². The summed E-state index contributed by atoms with van der Waals surface area (Å²) in [5.41, 5.74) is 1.53. The van der Waals surface area contributed by atoms with Crippen molar-refractivity contribution in [2.24, 2.45) is 16.3 Å². The van der Waals surface area contributed by atoms with Gasteiger partial charge in [-0.3, -0.25) is 4.99 Å². The number of hydrogen-bond acceptors (Lipinski definition) is 4. The van der Waals surface area contributed by atoms with E-state index in [0.717, 1.165) is 29.2 Å². The minimum Gasteiger partial charge on any atom is -0.356 e. The molecule has 1 heterocycles. The van der Waals surface area contributed by atoms with Crippen molar-refractivity contribution in [3.05, 3.63) is 11.1 Å². The first kappa shape index (κ1) is 18.0. The highest BCUT2D eigenvalue weighted by molar-refractivity contribution is 7.13. The Hall–Kier alpha value is -1.30. The number of nitrogens with zero attached hydrogens (tertiary/aromatic N) is 3. The maximum absolute atomic E-state index is 4.59. The topological polar surface area (TPSA) is 52.6 Å². The molecule has 2 N–H and O–H groups in total. The Morgan fingerprint density at radius 1 is 1.39 bits per heavy atom. The number of nitrogens with one attached hydrogen (secondary N) is 2. The molecule has 23 heavy (non-hydrogen) atoms. The Morgan fingerprint density at radius 3 is 2.61 bits per heavy atom. The molecule has 0 aromatic carbocycles. The zero-order valence-corrected chi connectivity index (χ0v) is 16.0. The Kier molecular flexibility index (Phi) is 6.27. The van der Waals surface area contributed by atoms with Crippen molar-refractivity contribution in [3.63, 3.8) is 0 Å². The van der Waals surface area contributed by atoms with Gasteiger partial charge in [0.2, 0.25) is 0 Å². The van der Waals surface area contributed by atoms with Gasteiger partial charge in [0.15, 0.2) is 11.1 Å². The van der Waals surface area contributed by atoms with Crippen LogP contribution in [0.3, 0.4) is 0 Å². The highest BCUT2D eigenvalue weighted by atomic mass is 32.1. The number of aliphatic imine (C=N–C) groups is 1. The molecule has 1 aromatic rings. The van der Waals surface area contributed by atoms with Gasteiger partial charge >= 0.3 is 0 Å². The molecule has 6 heteroatoms. The average molecular weight is 338 g/mol. The molecule has 2 rings (SSSR count). The molecular weight excluding hydrogens is 306 g/mol. The molecule has 1 aliphatic rings. The van der Waals surface area contributed by atoms with Gasteiger partial charge in [0.1, 0.15) is 0 Å². The molecule has 1 aliphatic carbocycles. The summed E-state index contributed by atoms with van der Waals surface area (Å²) in [7, 11) is 5.87. The van der Waals surface area contributed by atoms with Crippen LogP contribution in [0.4, 0.5) is 5.13 Å². The van der Waals surface area contributed by atoms with Crippen molar-refractivity contribution >= 4 is 22.4 Å². The van der Waals surface area contributed by atoms with Crippen molar-refractivity contribution in [1.82, 2.24) is 15.6 Å². The Bertz CT molecular complexity index is 517. The van der Waals surface area contributed by atoms with Gasteiger partial charge in [0, 0.05) is 33.1 Å². The van der Waals surface area contributed by atoms with Crippen molar-refractivity contribution in [2.45, 2.75) is 46.1 Å². The summed E-state index contributed by atoms with van der Waals surface area (Å²) in [4.78, 5) is 11.0. The summed E-state index contributed by atoms with van der Waals surface area (Å²) < 4.78 is 0. The van der Waals surface area contributed by atoms with Crippen LogP contribution in [0.5, 0.6) is 0 Å². The summed E-state index contributed by atoms with van der Waals surface area (Å²) in [5, 5.41) is 10.0. The van der Waals surface area contributed by atoms with Crippen LogP contribution in [0.1, 0.15) is 45.2 Å². The Balaban J connectivity index is 1.81. The maximum Gasteiger partial charge on any atom is 0.191 e. The van der Waals surface area contributed by atoms with Crippen LogP contribution in [-0.2, 0) is 6.54 Å². The van der Waals surface area contributed by atoms with Gasteiger partial charge in [-0.15, -0.1) is 11.3 Å². The number of aromatic nitrogens is 1. The lowest BCUT2D eigenvalue weighted by Crippen LogP contribution is -2.46. The minimum absolute atomic E-state index is 0.477. The number of anilines is 1. The molecule has 0 spiro atoms. The van der Waals surface area contributed by atoms with Gasteiger partial charge in [0.25, 0.3) is 0 Å². The van der Waals surface area contributed by atoms with Gasteiger partial charge in [-0.05, 0) is 30.6 Å². The standard InChI is InChI=1S/C17H31N5S/c1-13(2)9-17(7-6-8-17)12-20-15(18-3)19-10-14-11-23-16(21-14)22(4)5/h11,13H,6-10,12H2,1-5H3,(H2,18,19,20). The SMILES string of the molecule is CN=C(NCc1csc(N(C)C)n1)NCC1(CC(C)C)CCC1.